The summed E-state index contributed by atoms with van der Waals surface area (Å²) in [6.07, 6.45) is 59.8. The van der Waals surface area contributed by atoms with Gasteiger partial charge in [0.05, 0.1) is 26.4 Å². The van der Waals surface area contributed by atoms with Crippen LogP contribution in [0.15, 0.2) is 0 Å². The van der Waals surface area contributed by atoms with Gasteiger partial charge in [-0.25, -0.2) is 9.13 Å². The van der Waals surface area contributed by atoms with Gasteiger partial charge in [0.25, 0.3) is 0 Å². The second-order valence-corrected chi connectivity index (χ2v) is 34.4. The molecule has 0 saturated carbocycles. The first kappa shape index (κ1) is 100. The van der Waals surface area contributed by atoms with E-state index in [4.69, 9.17) is 37.0 Å². The van der Waals surface area contributed by atoms with Crippen molar-refractivity contribution in [3.05, 3.63) is 0 Å². The van der Waals surface area contributed by atoms with Crippen LogP contribution in [0, 0.1) is 23.7 Å². The van der Waals surface area contributed by atoms with E-state index in [9.17, 15) is 43.2 Å². The van der Waals surface area contributed by atoms with Crippen LogP contribution in [0.4, 0.5) is 0 Å². The molecule has 0 amide bonds. The van der Waals surface area contributed by atoms with Gasteiger partial charge in [0.2, 0.25) is 0 Å². The molecule has 606 valence electrons. The molecule has 0 aromatic heterocycles. The molecular formula is C83H162O17P2. The van der Waals surface area contributed by atoms with E-state index in [1.54, 1.807) is 0 Å². The number of carbonyl (C=O) groups excluding carboxylic acids is 4. The maximum Gasteiger partial charge on any atom is 0.472 e. The maximum absolute atomic E-state index is 13.1. The molecule has 0 aromatic carbocycles. The van der Waals surface area contributed by atoms with Crippen LogP contribution in [0.3, 0.4) is 0 Å². The largest absolute Gasteiger partial charge is 0.472 e. The Labute approximate surface area is 626 Å². The van der Waals surface area contributed by atoms with E-state index in [2.05, 4.69) is 55.4 Å². The fourth-order valence-electron chi connectivity index (χ4n) is 12.8. The SMILES string of the molecule is CCC(C)CCCCCCCCCCCCCCCCC(=O)O[C@H](COC(=O)CCCCCCCCCCCCCCCCCCCCC(C)C)COP(=O)(O)OCC(O)COP(=O)(O)OC[C@@H](COC(=O)CCCCCCCCCC(C)C)OC(=O)CCCCCCCCCCCCC(C)C. The van der Waals surface area contributed by atoms with Gasteiger partial charge in [0.15, 0.2) is 12.2 Å². The van der Waals surface area contributed by atoms with E-state index < -0.39 is 97.5 Å². The van der Waals surface area contributed by atoms with E-state index in [1.807, 2.05) is 0 Å². The molecule has 0 saturated heterocycles. The van der Waals surface area contributed by atoms with Gasteiger partial charge in [-0.2, -0.15) is 0 Å². The van der Waals surface area contributed by atoms with Gasteiger partial charge in [-0.1, -0.05) is 376 Å². The molecule has 0 aliphatic rings. The Balaban J connectivity index is 5.22. The van der Waals surface area contributed by atoms with Gasteiger partial charge in [0, 0.05) is 25.7 Å². The number of aliphatic hydroxyl groups is 1. The molecule has 0 radical (unpaired) electrons. The Bertz CT molecular complexity index is 1990. The van der Waals surface area contributed by atoms with Gasteiger partial charge in [-0.3, -0.25) is 37.3 Å². The van der Waals surface area contributed by atoms with Crippen molar-refractivity contribution in [1.29, 1.82) is 0 Å². The molecule has 0 aliphatic carbocycles. The minimum atomic E-state index is -4.96. The summed E-state index contributed by atoms with van der Waals surface area (Å²) in [5.41, 5.74) is 0. The molecule has 0 heterocycles. The lowest BCUT2D eigenvalue weighted by molar-refractivity contribution is -0.161. The smallest absolute Gasteiger partial charge is 0.462 e. The van der Waals surface area contributed by atoms with Crippen LogP contribution in [0.25, 0.3) is 0 Å². The Morgan fingerprint density at radius 1 is 0.275 bits per heavy atom. The Kier molecular flexibility index (Phi) is 70.6. The summed E-state index contributed by atoms with van der Waals surface area (Å²) in [6, 6.07) is 0. The van der Waals surface area contributed by atoms with Crippen molar-refractivity contribution in [1.82, 2.24) is 0 Å². The molecule has 17 nitrogen and oxygen atoms in total. The van der Waals surface area contributed by atoms with Crippen molar-refractivity contribution in [3.63, 3.8) is 0 Å². The van der Waals surface area contributed by atoms with Crippen LogP contribution < -0.4 is 0 Å². The number of phosphoric ester groups is 2. The van der Waals surface area contributed by atoms with Gasteiger partial charge in [-0.05, 0) is 49.4 Å². The zero-order valence-electron chi connectivity index (χ0n) is 67.2. The summed E-state index contributed by atoms with van der Waals surface area (Å²) >= 11 is 0. The Hall–Kier alpha value is -1.94. The Morgan fingerprint density at radius 2 is 0.471 bits per heavy atom. The third-order valence-electron chi connectivity index (χ3n) is 19.7. The molecule has 0 fully saturated rings. The standard InChI is InChI=1S/C83H162O17P2/c1-9-76(8)62-54-46-38-30-23-19-16-17-21-25-32-40-49-57-65-82(87)99-78(69-93-80(85)63-55-47-39-31-24-20-15-13-11-10-12-14-18-22-28-35-43-51-59-73(2)3)71-97-101(89,90)95-67-77(84)68-96-102(91,92)98-72-79(70-94-81(86)64-56-48-42-34-37-45-53-61-75(6)7)100-83(88)66-58-50-41-33-27-26-29-36-44-52-60-74(4)5/h73-79,84H,9-72H2,1-8H3,(H,89,90)(H,91,92)/t76?,77?,78-,79-/m1/s1. The minimum Gasteiger partial charge on any atom is -0.462 e. The summed E-state index contributed by atoms with van der Waals surface area (Å²) < 4.78 is 68.7. The first-order valence-electron chi connectivity index (χ1n) is 42.7. The fourth-order valence-corrected chi connectivity index (χ4v) is 14.3. The van der Waals surface area contributed by atoms with E-state index in [0.29, 0.717) is 31.6 Å². The number of carbonyl (C=O) groups is 4. The molecule has 6 atom stereocenters. The van der Waals surface area contributed by atoms with E-state index >= 15 is 0 Å². The normalized spacial score (nSPS) is 14.3. The highest BCUT2D eigenvalue weighted by Gasteiger charge is 2.30. The number of hydrogen-bond acceptors (Lipinski definition) is 15. The first-order valence-corrected chi connectivity index (χ1v) is 45.7. The summed E-state index contributed by atoms with van der Waals surface area (Å²) in [7, 11) is -9.92. The summed E-state index contributed by atoms with van der Waals surface area (Å²) in [5, 5.41) is 10.6. The molecule has 4 unspecified atom stereocenters. The minimum absolute atomic E-state index is 0.105. The zero-order chi connectivity index (χ0) is 75.3. The van der Waals surface area contributed by atoms with Crippen molar-refractivity contribution in [3.8, 4) is 0 Å². The van der Waals surface area contributed by atoms with Crippen LogP contribution in [-0.2, 0) is 65.4 Å². The molecule has 0 aromatic rings. The molecule has 102 heavy (non-hydrogen) atoms. The topological polar surface area (TPSA) is 237 Å². The second-order valence-electron chi connectivity index (χ2n) is 31.5. The maximum atomic E-state index is 13.1. The summed E-state index contributed by atoms with van der Waals surface area (Å²) in [6.45, 7) is 14.3. The molecule has 0 rings (SSSR count). The van der Waals surface area contributed by atoms with Crippen molar-refractivity contribution >= 4 is 39.5 Å². The number of rotatable bonds is 80. The molecule has 0 bridgehead atoms. The lowest BCUT2D eigenvalue weighted by Gasteiger charge is -2.21. The van der Waals surface area contributed by atoms with Crippen molar-refractivity contribution in [2.75, 3.05) is 39.6 Å². The van der Waals surface area contributed by atoms with Crippen LogP contribution >= 0.6 is 15.6 Å². The van der Waals surface area contributed by atoms with Gasteiger partial charge < -0.3 is 33.8 Å². The van der Waals surface area contributed by atoms with Crippen LogP contribution in [-0.4, -0.2) is 96.7 Å². The quantitative estimate of drug-likeness (QED) is 0.0222. The first-order chi connectivity index (χ1) is 49.1. The third-order valence-corrected chi connectivity index (χ3v) is 21.6. The monoisotopic (exact) mass is 1490 g/mol. The number of esters is 4. The third kappa shape index (κ3) is 74.9. The van der Waals surface area contributed by atoms with Gasteiger partial charge in [0.1, 0.15) is 19.3 Å². The zero-order valence-corrected chi connectivity index (χ0v) is 69.0. The predicted molar refractivity (Wildman–Crippen MR) is 418 cm³/mol. The van der Waals surface area contributed by atoms with E-state index in [0.717, 1.165) is 114 Å². The van der Waals surface area contributed by atoms with E-state index in [-0.39, 0.29) is 25.7 Å². The van der Waals surface area contributed by atoms with Gasteiger partial charge >= 0.3 is 39.5 Å². The van der Waals surface area contributed by atoms with E-state index in [1.165, 1.54) is 225 Å². The average Bonchev–Trinajstić information content (AvgIpc) is 1.32. The molecule has 3 N–H and O–H groups in total. The second kappa shape index (κ2) is 72.0. The number of unbranched alkanes of at least 4 members (excludes halogenated alkanes) is 45. The highest BCUT2D eigenvalue weighted by atomic mass is 31.2. The van der Waals surface area contributed by atoms with Crippen molar-refractivity contribution in [2.24, 2.45) is 23.7 Å². The molecule has 19 heteroatoms. The van der Waals surface area contributed by atoms with Crippen molar-refractivity contribution < 1.29 is 80.2 Å². The molecule has 0 spiro atoms. The highest BCUT2D eigenvalue weighted by Crippen LogP contribution is 2.45. The summed E-state index contributed by atoms with van der Waals surface area (Å²) in [5.74, 6) is 1.01. The lowest BCUT2D eigenvalue weighted by Crippen LogP contribution is -2.30. The predicted octanol–water partition coefficient (Wildman–Crippen LogP) is 24.8. The number of phosphoric acid groups is 2. The van der Waals surface area contributed by atoms with Crippen LogP contribution in [0.2, 0.25) is 0 Å². The average molecular weight is 1490 g/mol. The number of hydrogen-bond donors (Lipinski definition) is 3. The Morgan fingerprint density at radius 3 is 0.696 bits per heavy atom. The fraction of sp³-hybridized carbons (Fsp3) is 0.952. The van der Waals surface area contributed by atoms with Gasteiger partial charge in [-0.15, -0.1) is 0 Å². The molecular weight excluding hydrogens is 1330 g/mol. The van der Waals surface area contributed by atoms with Crippen LogP contribution in [0.5, 0.6) is 0 Å². The van der Waals surface area contributed by atoms with Crippen LogP contribution in [0.1, 0.15) is 428 Å². The lowest BCUT2D eigenvalue weighted by atomic mass is 9.99. The van der Waals surface area contributed by atoms with Crippen molar-refractivity contribution in [2.45, 2.75) is 446 Å². The molecule has 0 aliphatic heterocycles. The highest BCUT2D eigenvalue weighted by molar-refractivity contribution is 7.47. The summed E-state index contributed by atoms with van der Waals surface area (Å²) in [4.78, 5) is 73.1. The number of aliphatic hydroxyl groups excluding tert-OH is 1. The number of ether oxygens (including phenoxy) is 4.